The van der Waals surface area contributed by atoms with Crippen LogP contribution in [-0.2, 0) is 14.3 Å². The van der Waals surface area contributed by atoms with Crippen molar-refractivity contribution in [2.45, 2.75) is 64.9 Å². The molecular formula is C23H31NO4. The maximum Gasteiger partial charge on any atom is 0.330 e. The zero-order valence-electron chi connectivity index (χ0n) is 17.1. The Morgan fingerprint density at radius 3 is 2.64 bits per heavy atom. The molecule has 0 aromatic heterocycles. The van der Waals surface area contributed by atoms with Gasteiger partial charge in [0.2, 0.25) is 0 Å². The average molecular weight is 386 g/mol. The Balaban J connectivity index is 1.92. The Hall–Kier alpha value is -2.30. The van der Waals surface area contributed by atoms with E-state index in [-0.39, 0.29) is 24.5 Å². The zero-order valence-corrected chi connectivity index (χ0v) is 17.1. The van der Waals surface area contributed by atoms with Gasteiger partial charge in [-0.2, -0.15) is 0 Å². The minimum atomic E-state index is -0.499. The van der Waals surface area contributed by atoms with E-state index >= 15 is 0 Å². The van der Waals surface area contributed by atoms with Crippen LogP contribution in [0.4, 0.5) is 5.69 Å². The summed E-state index contributed by atoms with van der Waals surface area (Å²) >= 11 is 0. The van der Waals surface area contributed by atoms with Gasteiger partial charge in [-0.15, -0.1) is 0 Å². The maximum absolute atomic E-state index is 12.9. The Morgan fingerprint density at radius 2 is 1.96 bits per heavy atom. The molecule has 28 heavy (non-hydrogen) atoms. The van der Waals surface area contributed by atoms with E-state index in [1.165, 1.54) is 49.8 Å². The Morgan fingerprint density at radius 1 is 1.21 bits per heavy atom. The number of anilines is 1. The summed E-state index contributed by atoms with van der Waals surface area (Å²) in [7, 11) is 0. The predicted molar refractivity (Wildman–Crippen MR) is 110 cm³/mol. The number of fused-ring (bicyclic) bond motifs is 1. The summed E-state index contributed by atoms with van der Waals surface area (Å²) in [6, 6.07) is 6.10. The van der Waals surface area contributed by atoms with E-state index in [0.29, 0.717) is 12.5 Å². The number of hydrogen-bond acceptors (Lipinski definition) is 4. The van der Waals surface area contributed by atoms with Crippen molar-refractivity contribution in [3.8, 4) is 5.75 Å². The molecule has 152 valence electrons. The van der Waals surface area contributed by atoms with Crippen molar-refractivity contribution >= 4 is 17.6 Å². The molecule has 1 fully saturated rings. The van der Waals surface area contributed by atoms with E-state index in [0.717, 1.165) is 11.4 Å². The highest BCUT2D eigenvalue weighted by molar-refractivity contribution is 6.05. The molecule has 0 N–H and O–H groups in total. The summed E-state index contributed by atoms with van der Waals surface area (Å²) in [4.78, 5) is 26.2. The van der Waals surface area contributed by atoms with E-state index in [2.05, 4.69) is 19.9 Å². The van der Waals surface area contributed by atoms with Crippen LogP contribution in [0.1, 0.15) is 64.4 Å². The smallest absolute Gasteiger partial charge is 0.330 e. The van der Waals surface area contributed by atoms with Crippen molar-refractivity contribution in [2.75, 3.05) is 18.1 Å². The largest absolute Gasteiger partial charge is 0.486 e. The number of ether oxygens (including phenoxy) is 2. The van der Waals surface area contributed by atoms with Gasteiger partial charge in [0.1, 0.15) is 11.9 Å². The first-order valence-electron chi connectivity index (χ1n) is 10.5. The van der Waals surface area contributed by atoms with Crippen LogP contribution in [-0.4, -0.2) is 31.1 Å². The molecule has 1 aromatic rings. The van der Waals surface area contributed by atoms with Gasteiger partial charge < -0.3 is 14.4 Å². The number of carbonyl (C=O) groups is 2. The molecule has 1 aliphatic heterocycles. The fraction of sp³-hybridized carbons (Fsp3) is 0.565. The van der Waals surface area contributed by atoms with Crippen molar-refractivity contribution in [2.24, 2.45) is 5.92 Å². The lowest BCUT2D eigenvalue weighted by atomic mass is 9.83. The van der Waals surface area contributed by atoms with Gasteiger partial charge in [0.15, 0.2) is 0 Å². The third-order valence-electron chi connectivity index (χ3n) is 5.65. The van der Waals surface area contributed by atoms with Gasteiger partial charge >= 0.3 is 5.97 Å². The molecule has 5 heteroatoms. The fourth-order valence-corrected chi connectivity index (χ4v) is 4.06. The summed E-state index contributed by atoms with van der Waals surface area (Å²) in [6.07, 6.45) is 8.56. The van der Waals surface area contributed by atoms with Gasteiger partial charge in [-0.25, -0.2) is 4.79 Å². The second kappa shape index (κ2) is 9.26. The Bertz CT molecular complexity index is 734. The van der Waals surface area contributed by atoms with E-state index in [1.54, 1.807) is 11.8 Å². The second-order valence-electron chi connectivity index (χ2n) is 7.96. The van der Waals surface area contributed by atoms with Crippen LogP contribution in [0.25, 0.3) is 0 Å². The molecule has 2 aliphatic rings. The Kier molecular flexibility index (Phi) is 6.76. The van der Waals surface area contributed by atoms with E-state index < -0.39 is 5.97 Å². The third-order valence-corrected chi connectivity index (χ3v) is 5.65. The predicted octanol–water partition coefficient (Wildman–Crippen LogP) is 4.60. The van der Waals surface area contributed by atoms with Crippen molar-refractivity contribution in [3.63, 3.8) is 0 Å². The second-order valence-corrected chi connectivity index (χ2v) is 7.96. The minimum Gasteiger partial charge on any atom is -0.486 e. The van der Waals surface area contributed by atoms with Gasteiger partial charge in [-0.05, 0) is 43.2 Å². The van der Waals surface area contributed by atoms with Crippen LogP contribution in [0.2, 0.25) is 0 Å². The summed E-state index contributed by atoms with van der Waals surface area (Å²) in [5.74, 6) is 0.889. The number of esters is 1. The molecule has 0 saturated heterocycles. The average Bonchev–Trinajstić information content (AvgIpc) is 2.71. The highest BCUT2D eigenvalue weighted by atomic mass is 16.5. The minimum absolute atomic E-state index is 0.0721. The molecule has 0 bridgehead atoms. The normalized spacial score (nSPS) is 20.1. The van der Waals surface area contributed by atoms with Gasteiger partial charge in [-0.3, -0.25) is 4.79 Å². The lowest BCUT2D eigenvalue weighted by Crippen LogP contribution is -2.45. The van der Waals surface area contributed by atoms with E-state index in [1.807, 2.05) is 12.1 Å². The number of hydrogen-bond donors (Lipinski definition) is 0. The molecule has 3 rings (SSSR count). The van der Waals surface area contributed by atoms with Crippen LogP contribution >= 0.6 is 0 Å². The molecule has 1 aromatic carbocycles. The van der Waals surface area contributed by atoms with Crippen LogP contribution < -0.4 is 9.64 Å². The standard InChI is InChI=1S/C23H31NO4/c1-4-27-22(26)14-13-21(25)24-15-20(16(2)3)28-23-18(11-8-12-19(23)24)17-9-6-5-7-10-17/h8,11-14,16-17,20H,4-7,9-10,15H2,1-3H3. The first kappa shape index (κ1) is 20.4. The SMILES string of the molecule is CCOC(=O)C=CC(=O)N1CC(C(C)C)Oc2c(C3CCCCC3)cccc21. The molecular weight excluding hydrogens is 354 g/mol. The molecule has 1 amide bonds. The molecule has 1 unspecified atom stereocenters. The third kappa shape index (κ3) is 4.57. The van der Waals surface area contributed by atoms with E-state index in [4.69, 9.17) is 9.47 Å². The quantitative estimate of drug-likeness (QED) is 0.549. The zero-order chi connectivity index (χ0) is 20.1. The number of carbonyl (C=O) groups excluding carboxylic acids is 2. The highest BCUT2D eigenvalue weighted by Gasteiger charge is 2.33. The van der Waals surface area contributed by atoms with Crippen LogP contribution in [0, 0.1) is 5.92 Å². The maximum atomic E-state index is 12.9. The topological polar surface area (TPSA) is 55.8 Å². The van der Waals surface area contributed by atoms with Gasteiger partial charge in [0, 0.05) is 12.2 Å². The van der Waals surface area contributed by atoms with Crippen molar-refractivity contribution in [1.82, 2.24) is 0 Å². The lowest BCUT2D eigenvalue weighted by Gasteiger charge is -2.38. The number of rotatable bonds is 5. The fourth-order valence-electron chi connectivity index (χ4n) is 4.06. The van der Waals surface area contributed by atoms with Crippen molar-refractivity contribution in [1.29, 1.82) is 0 Å². The van der Waals surface area contributed by atoms with Gasteiger partial charge in [0.25, 0.3) is 5.91 Å². The Labute approximate surface area is 167 Å². The molecule has 0 spiro atoms. The molecule has 1 aliphatic carbocycles. The molecule has 1 saturated carbocycles. The van der Waals surface area contributed by atoms with Gasteiger partial charge in [0.05, 0.1) is 18.8 Å². The van der Waals surface area contributed by atoms with E-state index in [9.17, 15) is 9.59 Å². The molecule has 0 radical (unpaired) electrons. The van der Waals surface area contributed by atoms with Gasteiger partial charge in [-0.1, -0.05) is 45.2 Å². The van der Waals surface area contributed by atoms with Crippen molar-refractivity contribution in [3.05, 3.63) is 35.9 Å². The first-order valence-corrected chi connectivity index (χ1v) is 10.5. The summed E-state index contributed by atoms with van der Waals surface area (Å²) in [5.41, 5.74) is 2.02. The summed E-state index contributed by atoms with van der Waals surface area (Å²) < 4.78 is 11.3. The van der Waals surface area contributed by atoms with Crippen LogP contribution in [0.3, 0.4) is 0 Å². The molecule has 5 nitrogen and oxygen atoms in total. The summed E-state index contributed by atoms with van der Waals surface area (Å²) in [5, 5.41) is 0. The highest BCUT2D eigenvalue weighted by Crippen LogP contribution is 2.45. The van der Waals surface area contributed by atoms with Crippen LogP contribution in [0.5, 0.6) is 5.75 Å². The first-order chi connectivity index (χ1) is 13.5. The molecule has 1 atom stereocenters. The van der Waals surface area contributed by atoms with Crippen LogP contribution in [0.15, 0.2) is 30.4 Å². The number of nitrogens with zero attached hydrogens (tertiary/aromatic N) is 1. The number of amides is 1. The lowest BCUT2D eigenvalue weighted by molar-refractivity contribution is -0.137. The molecule has 1 heterocycles. The number of benzene rings is 1. The summed E-state index contributed by atoms with van der Waals surface area (Å²) in [6.45, 7) is 6.72. The number of para-hydroxylation sites is 1. The van der Waals surface area contributed by atoms with Crippen molar-refractivity contribution < 1.29 is 19.1 Å². The monoisotopic (exact) mass is 385 g/mol.